The maximum Gasteiger partial charge on any atom is 0.262 e. The molecular weight excluding hydrogens is 452 g/mol. The highest BCUT2D eigenvalue weighted by molar-refractivity contribution is 5.84. The number of anilines is 1. The van der Waals surface area contributed by atoms with Crippen LogP contribution < -0.4 is 15.8 Å². The van der Waals surface area contributed by atoms with Gasteiger partial charge in [0.15, 0.2) is 0 Å². The highest BCUT2D eigenvalue weighted by Gasteiger charge is 2.29. The molecule has 0 radical (unpaired) electrons. The summed E-state index contributed by atoms with van der Waals surface area (Å²) >= 11 is 0. The number of hydrogen-bond donors (Lipinski definition) is 1. The Morgan fingerprint density at radius 1 is 1.06 bits per heavy atom. The number of piperidine rings is 1. The Labute approximate surface area is 202 Å². The molecule has 3 aromatic rings. The van der Waals surface area contributed by atoms with Gasteiger partial charge in [-0.05, 0) is 57.0 Å². The van der Waals surface area contributed by atoms with Gasteiger partial charge in [0, 0.05) is 55.6 Å². The van der Waals surface area contributed by atoms with Gasteiger partial charge in [-0.25, -0.2) is 13.8 Å². The minimum absolute atomic E-state index is 0.0498. The second-order valence-electron chi connectivity index (χ2n) is 9.67. The van der Waals surface area contributed by atoms with Gasteiger partial charge in [0.05, 0.1) is 10.9 Å². The highest BCUT2D eigenvalue weighted by atomic mass is 19.1. The van der Waals surface area contributed by atoms with Gasteiger partial charge in [0.1, 0.15) is 24.0 Å². The molecule has 35 heavy (non-hydrogen) atoms. The molecule has 7 nitrogen and oxygen atoms in total. The Balaban J connectivity index is 1.63. The van der Waals surface area contributed by atoms with E-state index in [1.807, 2.05) is 26.0 Å². The van der Waals surface area contributed by atoms with Crippen LogP contribution in [-0.4, -0.2) is 58.6 Å². The molecule has 184 valence electrons. The molecule has 4 heterocycles. The molecule has 0 saturated carbocycles. The first kappa shape index (κ1) is 23.4. The van der Waals surface area contributed by atoms with Gasteiger partial charge in [-0.2, -0.15) is 0 Å². The van der Waals surface area contributed by atoms with Crippen LogP contribution in [0.5, 0.6) is 0 Å². The summed E-state index contributed by atoms with van der Waals surface area (Å²) in [7, 11) is 0. The fourth-order valence-corrected chi connectivity index (χ4v) is 5.17. The largest absolute Gasteiger partial charge is 0.367 e. The summed E-state index contributed by atoms with van der Waals surface area (Å²) in [5.41, 5.74) is 1.05. The van der Waals surface area contributed by atoms with E-state index in [2.05, 4.69) is 20.1 Å². The zero-order chi connectivity index (χ0) is 24.7. The van der Waals surface area contributed by atoms with Crippen molar-refractivity contribution in [2.24, 2.45) is 0 Å². The number of carbonyl (C=O) groups is 1. The minimum atomic E-state index is -0.783. The van der Waals surface area contributed by atoms with Gasteiger partial charge in [0.25, 0.3) is 5.56 Å². The van der Waals surface area contributed by atoms with E-state index >= 15 is 0 Å². The first-order chi connectivity index (χ1) is 16.8. The average molecular weight is 482 g/mol. The summed E-state index contributed by atoms with van der Waals surface area (Å²) in [5, 5.41) is 3.14. The first-order valence-electron chi connectivity index (χ1n) is 12.1. The van der Waals surface area contributed by atoms with Gasteiger partial charge < -0.3 is 15.1 Å². The molecule has 1 N–H and O–H groups in total. The molecule has 0 spiro atoms. The van der Waals surface area contributed by atoms with E-state index in [1.165, 1.54) is 4.57 Å². The second-order valence-corrected chi connectivity index (χ2v) is 9.67. The molecule has 0 atom stereocenters. The van der Waals surface area contributed by atoms with E-state index in [1.54, 1.807) is 6.07 Å². The van der Waals surface area contributed by atoms with Gasteiger partial charge in [0.2, 0.25) is 5.91 Å². The highest BCUT2D eigenvalue weighted by Crippen LogP contribution is 2.29. The summed E-state index contributed by atoms with van der Waals surface area (Å²) in [6.45, 7) is 7.37. The maximum atomic E-state index is 14.0. The number of carbonyl (C=O) groups excluding carboxylic acids is 1. The summed E-state index contributed by atoms with van der Waals surface area (Å²) < 4.78 is 29.2. The third-order valence-electron chi connectivity index (χ3n) is 6.80. The van der Waals surface area contributed by atoms with Crippen LogP contribution in [0.2, 0.25) is 0 Å². The van der Waals surface area contributed by atoms with Crippen LogP contribution in [-0.2, 0) is 11.3 Å². The van der Waals surface area contributed by atoms with Crippen molar-refractivity contribution in [3.05, 3.63) is 58.4 Å². The molecule has 2 aromatic carbocycles. The van der Waals surface area contributed by atoms with Gasteiger partial charge >= 0.3 is 0 Å². The average Bonchev–Trinajstić information content (AvgIpc) is 3.13. The third-order valence-corrected chi connectivity index (χ3v) is 6.80. The first-order valence-corrected chi connectivity index (χ1v) is 12.1. The number of nitrogens with one attached hydrogen (secondary N) is 1. The predicted octanol–water partition coefficient (Wildman–Crippen LogP) is 3.15. The van der Waals surface area contributed by atoms with Crippen LogP contribution in [0.15, 0.2) is 41.2 Å². The maximum absolute atomic E-state index is 14.0. The van der Waals surface area contributed by atoms with E-state index < -0.39 is 17.2 Å². The van der Waals surface area contributed by atoms with E-state index in [9.17, 15) is 18.4 Å². The molecule has 1 amide bonds. The van der Waals surface area contributed by atoms with Crippen LogP contribution >= 0.6 is 0 Å². The van der Waals surface area contributed by atoms with Gasteiger partial charge in [-0.15, -0.1) is 0 Å². The molecule has 3 saturated heterocycles. The van der Waals surface area contributed by atoms with Crippen LogP contribution in [0.25, 0.3) is 22.3 Å². The third kappa shape index (κ3) is 4.77. The minimum Gasteiger partial charge on any atom is -0.367 e. The Bertz CT molecular complexity index is 1310. The number of benzene rings is 2. The van der Waals surface area contributed by atoms with E-state index in [0.717, 1.165) is 62.9 Å². The number of nitrogens with zero attached hydrogens (tertiary/aromatic N) is 4. The van der Waals surface area contributed by atoms with Crippen molar-refractivity contribution in [1.82, 2.24) is 19.8 Å². The lowest BCUT2D eigenvalue weighted by Crippen LogP contribution is -2.38. The smallest absolute Gasteiger partial charge is 0.262 e. The van der Waals surface area contributed by atoms with Crippen LogP contribution in [0.3, 0.4) is 0 Å². The number of amides is 1. The van der Waals surface area contributed by atoms with Crippen LogP contribution in [0.4, 0.5) is 14.5 Å². The SMILES string of the molecule is CC(C)NC(=O)Cn1c(-c2cc(F)cc(F)c2)nc2ccc(N3CCN4CCC3CC4)cc2c1=O. The lowest BCUT2D eigenvalue weighted by atomic mass is 10.0. The molecule has 3 fully saturated rings. The Morgan fingerprint density at radius 3 is 2.46 bits per heavy atom. The molecule has 6 rings (SSSR count). The molecule has 0 unspecified atom stereocenters. The summed E-state index contributed by atoms with van der Waals surface area (Å²) in [4.78, 5) is 35.7. The second kappa shape index (κ2) is 9.37. The monoisotopic (exact) mass is 481 g/mol. The molecule has 3 aliphatic heterocycles. The standard InChI is InChI=1S/C26H29F2N5O2/c1-16(2)29-24(34)15-33-25(17-11-18(27)13-19(28)12-17)30-23-4-3-21(14-22(23)26(33)35)32-10-9-31-7-5-20(32)6-8-31/h3-4,11-14,16,20H,5-10,15H2,1-2H3,(H,29,34). The van der Waals surface area contributed by atoms with Crippen molar-refractivity contribution in [1.29, 1.82) is 0 Å². The Morgan fingerprint density at radius 2 is 1.77 bits per heavy atom. The van der Waals surface area contributed by atoms with Crippen molar-refractivity contribution in [2.75, 3.05) is 31.1 Å². The fourth-order valence-electron chi connectivity index (χ4n) is 5.17. The molecule has 9 heteroatoms. The molecule has 2 bridgehead atoms. The van der Waals surface area contributed by atoms with E-state index in [4.69, 9.17) is 0 Å². The Hall–Kier alpha value is -3.33. The zero-order valence-corrected chi connectivity index (χ0v) is 19.9. The Kier molecular flexibility index (Phi) is 6.27. The molecular formula is C26H29F2N5O2. The number of rotatable bonds is 5. The van der Waals surface area contributed by atoms with E-state index in [0.29, 0.717) is 16.9 Å². The van der Waals surface area contributed by atoms with Gasteiger partial charge in [-0.3, -0.25) is 14.2 Å². The van der Waals surface area contributed by atoms with Crippen LogP contribution in [0.1, 0.15) is 26.7 Å². The van der Waals surface area contributed by atoms with Crippen LogP contribution in [0, 0.1) is 11.6 Å². The summed E-state index contributed by atoms with van der Waals surface area (Å²) in [6, 6.07) is 8.86. The van der Waals surface area contributed by atoms with Gasteiger partial charge in [-0.1, -0.05) is 0 Å². The number of fused-ring (bicyclic) bond motifs is 5. The quantitative estimate of drug-likeness (QED) is 0.606. The van der Waals surface area contributed by atoms with Crippen molar-refractivity contribution in [3.8, 4) is 11.4 Å². The topological polar surface area (TPSA) is 70.5 Å². The van der Waals surface area contributed by atoms with E-state index in [-0.39, 0.29) is 29.9 Å². The van der Waals surface area contributed by atoms with Crippen molar-refractivity contribution in [2.45, 2.75) is 45.3 Å². The van der Waals surface area contributed by atoms with Crippen molar-refractivity contribution in [3.63, 3.8) is 0 Å². The van der Waals surface area contributed by atoms with Crippen molar-refractivity contribution >= 4 is 22.5 Å². The fraction of sp³-hybridized carbons (Fsp3) is 0.423. The summed E-state index contributed by atoms with van der Waals surface area (Å²) in [6.07, 6.45) is 2.17. The lowest BCUT2D eigenvalue weighted by molar-refractivity contribution is -0.122. The lowest BCUT2D eigenvalue weighted by Gasteiger charge is -2.33. The molecule has 3 aliphatic rings. The molecule has 1 aromatic heterocycles. The number of aromatic nitrogens is 2. The normalized spacial score (nSPS) is 19.9. The predicted molar refractivity (Wildman–Crippen MR) is 131 cm³/mol. The summed E-state index contributed by atoms with van der Waals surface area (Å²) in [5.74, 6) is -1.89. The molecule has 0 aliphatic carbocycles. The zero-order valence-electron chi connectivity index (χ0n) is 19.9. The number of halogens is 2. The number of hydrogen-bond acceptors (Lipinski definition) is 5. The van der Waals surface area contributed by atoms with Crippen molar-refractivity contribution < 1.29 is 13.6 Å².